The number of nitrogens with two attached hydrogens (primary N) is 1. The van der Waals surface area contributed by atoms with E-state index in [4.69, 9.17) is 22.1 Å². The Labute approximate surface area is 97.5 Å². The summed E-state index contributed by atoms with van der Waals surface area (Å²) in [5, 5.41) is 2.49. The Balaban J connectivity index is 2.57. The highest BCUT2D eigenvalue weighted by Gasteiger charge is 2.15. The van der Waals surface area contributed by atoms with E-state index >= 15 is 0 Å². The number of primary amides is 1. The summed E-state index contributed by atoms with van der Waals surface area (Å²) in [6, 6.07) is 5.61. The minimum absolute atomic E-state index is 0.483. The lowest BCUT2D eigenvalue weighted by Gasteiger charge is -2.13. The maximum atomic E-state index is 11.3. The third-order valence-corrected chi connectivity index (χ3v) is 1.99. The fourth-order valence-electron chi connectivity index (χ4n) is 0.994. The van der Waals surface area contributed by atoms with Crippen LogP contribution in [0.3, 0.4) is 0 Å². The van der Waals surface area contributed by atoms with Gasteiger partial charge in [-0.15, -0.1) is 0 Å². The number of ether oxygens (including phenoxy) is 1. The SMILES string of the molecule is C[C@@H](Oc1ccc(Cl)cc1)C(=O)NC(N)=O. The normalized spacial score (nSPS) is 11.6. The lowest BCUT2D eigenvalue weighted by molar-refractivity contribution is -0.126. The number of benzene rings is 1. The Kier molecular flexibility index (Phi) is 4.13. The van der Waals surface area contributed by atoms with Crippen LogP contribution >= 0.6 is 11.6 Å². The summed E-state index contributed by atoms with van der Waals surface area (Å²) in [5.41, 5.74) is 4.80. The van der Waals surface area contributed by atoms with Crippen molar-refractivity contribution >= 4 is 23.5 Å². The van der Waals surface area contributed by atoms with E-state index in [1.165, 1.54) is 6.92 Å². The Hall–Kier alpha value is -1.75. The Morgan fingerprint density at radius 1 is 1.38 bits per heavy atom. The second-order valence-electron chi connectivity index (χ2n) is 3.07. The van der Waals surface area contributed by atoms with Crippen LogP contribution in [0.25, 0.3) is 0 Å². The van der Waals surface area contributed by atoms with Gasteiger partial charge in [-0.1, -0.05) is 11.6 Å². The molecule has 86 valence electrons. The van der Waals surface area contributed by atoms with E-state index in [1.54, 1.807) is 24.3 Å². The molecule has 0 saturated heterocycles. The number of carbonyl (C=O) groups excluding carboxylic acids is 2. The second kappa shape index (κ2) is 5.37. The van der Waals surface area contributed by atoms with E-state index in [0.29, 0.717) is 10.8 Å². The lowest BCUT2D eigenvalue weighted by Crippen LogP contribution is -2.42. The quantitative estimate of drug-likeness (QED) is 0.838. The highest BCUT2D eigenvalue weighted by molar-refractivity contribution is 6.30. The monoisotopic (exact) mass is 242 g/mol. The van der Waals surface area contributed by atoms with Crippen LogP contribution < -0.4 is 15.8 Å². The summed E-state index contributed by atoms with van der Waals surface area (Å²) in [7, 11) is 0. The van der Waals surface area contributed by atoms with E-state index in [9.17, 15) is 9.59 Å². The summed E-state index contributed by atoms with van der Waals surface area (Å²) < 4.78 is 5.25. The van der Waals surface area contributed by atoms with Crippen molar-refractivity contribution in [2.75, 3.05) is 0 Å². The molecule has 0 bridgehead atoms. The molecule has 16 heavy (non-hydrogen) atoms. The van der Waals surface area contributed by atoms with Gasteiger partial charge in [-0.25, -0.2) is 4.79 Å². The summed E-state index contributed by atoms with van der Waals surface area (Å²) >= 11 is 5.68. The molecule has 3 N–H and O–H groups in total. The van der Waals surface area contributed by atoms with Gasteiger partial charge in [0.25, 0.3) is 5.91 Å². The van der Waals surface area contributed by atoms with Gasteiger partial charge in [-0.3, -0.25) is 10.1 Å². The zero-order valence-corrected chi connectivity index (χ0v) is 9.32. The van der Waals surface area contributed by atoms with Crippen LogP contribution in [0.5, 0.6) is 5.75 Å². The van der Waals surface area contributed by atoms with Gasteiger partial charge in [0.1, 0.15) is 5.75 Å². The molecule has 0 aromatic heterocycles. The lowest BCUT2D eigenvalue weighted by atomic mass is 10.3. The summed E-state index contributed by atoms with van der Waals surface area (Å²) in [6.07, 6.45) is -0.811. The van der Waals surface area contributed by atoms with Gasteiger partial charge in [-0.05, 0) is 31.2 Å². The van der Waals surface area contributed by atoms with Crippen LogP contribution in [0.15, 0.2) is 24.3 Å². The molecule has 0 unspecified atom stereocenters. The van der Waals surface area contributed by atoms with Crippen molar-refractivity contribution in [2.45, 2.75) is 13.0 Å². The molecule has 3 amide bonds. The molecule has 0 saturated carbocycles. The first kappa shape index (κ1) is 12.3. The van der Waals surface area contributed by atoms with Crippen molar-refractivity contribution in [3.63, 3.8) is 0 Å². The van der Waals surface area contributed by atoms with Crippen molar-refractivity contribution in [2.24, 2.45) is 5.73 Å². The molecule has 0 aliphatic heterocycles. The minimum Gasteiger partial charge on any atom is -0.481 e. The van der Waals surface area contributed by atoms with Crippen molar-refractivity contribution < 1.29 is 14.3 Å². The fraction of sp³-hybridized carbons (Fsp3) is 0.200. The van der Waals surface area contributed by atoms with Crippen LogP contribution in [0.1, 0.15) is 6.92 Å². The van der Waals surface area contributed by atoms with Crippen molar-refractivity contribution in [1.29, 1.82) is 0 Å². The average molecular weight is 243 g/mol. The number of urea groups is 1. The fourth-order valence-corrected chi connectivity index (χ4v) is 1.12. The summed E-state index contributed by atoms with van der Waals surface area (Å²) in [6.45, 7) is 1.51. The van der Waals surface area contributed by atoms with Crippen LogP contribution in [-0.2, 0) is 4.79 Å². The van der Waals surface area contributed by atoms with E-state index < -0.39 is 18.0 Å². The minimum atomic E-state index is -0.906. The van der Waals surface area contributed by atoms with Crippen molar-refractivity contribution in [1.82, 2.24) is 5.32 Å². The van der Waals surface area contributed by atoms with Gasteiger partial charge in [0, 0.05) is 5.02 Å². The highest BCUT2D eigenvalue weighted by atomic mass is 35.5. The Morgan fingerprint density at radius 2 is 1.94 bits per heavy atom. The Bertz CT molecular complexity index is 392. The van der Waals surface area contributed by atoms with Gasteiger partial charge < -0.3 is 10.5 Å². The molecule has 1 rings (SSSR count). The second-order valence-corrected chi connectivity index (χ2v) is 3.50. The van der Waals surface area contributed by atoms with Crippen LogP contribution in [0, 0.1) is 0 Å². The van der Waals surface area contributed by atoms with Crippen molar-refractivity contribution in [3.8, 4) is 5.75 Å². The van der Waals surface area contributed by atoms with Gasteiger partial charge in [0.2, 0.25) is 0 Å². The van der Waals surface area contributed by atoms with Gasteiger partial charge in [0.05, 0.1) is 0 Å². The molecule has 1 aromatic rings. The predicted octanol–water partition coefficient (Wildman–Crippen LogP) is 1.30. The number of hydrogen-bond donors (Lipinski definition) is 2. The molecule has 1 atom stereocenters. The average Bonchev–Trinajstić information content (AvgIpc) is 2.20. The van der Waals surface area contributed by atoms with E-state index in [-0.39, 0.29) is 0 Å². The molecule has 5 nitrogen and oxygen atoms in total. The molecule has 0 radical (unpaired) electrons. The number of halogens is 1. The third kappa shape index (κ3) is 3.78. The third-order valence-electron chi connectivity index (χ3n) is 1.74. The first-order valence-electron chi connectivity index (χ1n) is 4.51. The summed E-state index contributed by atoms with van der Waals surface area (Å²) in [5.74, 6) is -0.112. The topological polar surface area (TPSA) is 81.4 Å². The van der Waals surface area contributed by atoms with E-state index in [1.807, 2.05) is 5.32 Å². The number of amides is 3. The van der Waals surface area contributed by atoms with E-state index in [0.717, 1.165) is 0 Å². The highest BCUT2D eigenvalue weighted by Crippen LogP contribution is 2.16. The number of nitrogens with one attached hydrogen (secondary N) is 1. The van der Waals surface area contributed by atoms with E-state index in [2.05, 4.69) is 0 Å². The maximum Gasteiger partial charge on any atom is 0.318 e. The molecular formula is C10H11ClN2O3. The standard InChI is InChI=1S/C10H11ClN2O3/c1-6(9(14)13-10(12)15)16-8-4-2-7(11)3-5-8/h2-6H,1H3,(H3,12,13,14,15)/t6-/m1/s1. The molecule has 0 spiro atoms. The molecule has 0 aliphatic carbocycles. The number of imide groups is 1. The van der Waals surface area contributed by atoms with Crippen LogP contribution in [-0.4, -0.2) is 18.0 Å². The number of hydrogen-bond acceptors (Lipinski definition) is 3. The molecule has 0 fully saturated rings. The van der Waals surface area contributed by atoms with Crippen molar-refractivity contribution in [3.05, 3.63) is 29.3 Å². The molecular weight excluding hydrogens is 232 g/mol. The first-order chi connectivity index (χ1) is 7.49. The predicted molar refractivity (Wildman–Crippen MR) is 59.3 cm³/mol. The van der Waals surface area contributed by atoms with Crippen LogP contribution in [0.4, 0.5) is 4.79 Å². The Morgan fingerprint density at radius 3 is 2.44 bits per heavy atom. The zero-order chi connectivity index (χ0) is 12.1. The molecule has 6 heteroatoms. The van der Waals surface area contributed by atoms with Crippen LogP contribution in [0.2, 0.25) is 5.02 Å². The van der Waals surface area contributed by atoms with Gasteiger partial charge >= 0.3 is 6.03 Å². The molecule has 0 aliphatic rings. The zero-order valence-electron chi connectivity index (χ0n) is 8.57. The molecule has 1 aromatic carbocycles. The number of carbonyl (C=O) groups is 2. The van der Waals surface area contributed by atoms with Gasteiger partial charge in [0.15, 0.2) is 6.10 Å². The largest absolute Gasteiger partial charge is 0.481 e. The smallest absolute Gasteiger partial charge is 0.318 e. The molecule has 0 heterocycles. The van der Waals surface area contributed by atoms with Gasteiger partial charge in [-0.2, -0.15) is 0 Å². The summed E-state index contributed by atoms with van der Waals surface area (Å²) in [4.78, 5) is 21.7. The first-order valence-corrected chi connectivity index (χ1v) is 4.89. The number of rotatable bonds is 3. The maximum absolute atomic E-state index is 11.3.